The van der Waals surface area contributed by atoms with Crippen LogP contribution in [0.25, 0.3) is 110 Å². The van der Waals surface area contributed by atoms with Crippen molar-refractivity contribution < 1.29 is 0 Å². The van der Waals surface area contributed by atoms with Gasteiger partial charge in [0.05, 0.1) is 11.4 Å². The molecule has 0 aliphatic heterocycles. The summed E-state index contributed by atoms with van der Waals surface area (Å²) >= 11 is 1.79. The van der Waals surface area contributed by atoms with Crippen LogP contribution in [-0.2, 0) is 0 Å². The Hall–Kier alpha value is -9.49. The molecule has 0 saturated carbocycles. The second kappa shape index (κ2) is 17.6. The van der Waals surface area contributed by atoms with Crippen molar-refractivity contribution in [1.29, 1.82) is 0 Å². The molecule has 3 heterocycles. The number of aromatic nitrogens is 5. The summed E-state index contributed by atoms with van der Waals surface area (Å²) in [7, 11) is 0. The quantitative estimate of drug-likeness (QED) is 0.152. The van der Waals surface area contributed by atoms with Gasteiger partial charge in [-0.3, -0.25) is 0 Å². The molecule has 3 aliphatic rings. The van der Waals surface area contributed by atoms with Gasteiger partial charge in [-0.05, 0) is 86.0 Å². The Kier molecular flexibility index (Phi) is 10.1. The summed E-state index contributed by atoms with van der Waals surface area (Å²) in [6.45, 7) is 0. The number of hydrogen-bond acceptors (Lipinski definition) is 6. The van der Waals surface area contributed by atoms with E-state index in [0.717, 1.165) is 67.3 Å². The topological polar surface area (TPSA) is 64.5 Å². The van der Waals surface area contributed by atoms with Gasteiger partial charge in [0.25, 0.3) is 0 Å². The van der Waals surface area contributed by atoms with Crippen LogP contribution in [-0.4, -0.2) is 24.9 Å². The zero-order valence-corrected chi connectivity index (χ0v) is 41.3. The molecule has 0 N–H and O–H groups in total. The van der Waals surface area contributed by atoms with E-state index in [1.807, 2.05) is 30.3 Å². The summed E-state index contributed by atoms with van der Waals surface area (Å²) in [6.07, 6.45) is 0. The van der Waals surface area contributed by atoms with Crippen LogP contribution in [0, 0.1) is 0 Å². The first-order chi connectivity index (χ1) is 37.2. The first-order valence-electron chi connectivity index (χ1n) is 25.5. The van der Waals surface area contributed by atoms with Gasteiger partial charge in [0.15, 0.2) is 23.3 Å². The average Bonchev–Trinajstić information content (AvgIpc) is 3.97. The molecule has 2 bridgehead atoms. The lowest BCUT2D eigenvalue weighted by Gasteiger charge is -2.42. The van der Waals surface area contributed by atoms with E-state index < -0.39 is 0 Å². The second-order valence-corrected chi connectivity index (χ2v) is 20.5. The van der Waals surface area contributed by atoms with E-state index in [0.29, 0.717) is 17.5 Å². The number of nitrogens with zero attached hydrogens (tertiary/aromatic N) is 5. The van der Waals surface area contributed by atoms with Crippen molar-refractivity contribution in [3.63, 3.8) is 0 Å². The largest absolute Gasteiger partial charge is 0.228 e. The van der Waals surface area contributed by atoms with Gasteiger partial charge in [-0.2, -0.15) is 0 Å². The Morgan fingerprint density at radius 2 is 0.707 bits per heavy atom. The summed E-state index contributed by atoms with van der Waals surface area (Å²) in [5.74, 6) is 2.83. The van der Waals surface area contributed by atoms with Crippen LogP contribution in [0.4, 0.5) is 0 Å². The minimum atomic E-state index is 0.0919. The molecule has 2 unspecified atom stereocenters. The van der Waals surface area contributed by atoms with Gasteiger partial charge < -0.3 is 0 Å². The Balaban J connectivity index is 0.811. The molecule has 0 fully saturated rings. The standard InChI is InChI=1S/C69H43N5S/c1-4-17-43(18-5-1)49-23-10-13-27-56(49)68-72-67(73-69(74-68)57-29-16-28-55-50-24-14-15-30-62(50)75-65(55)57)46-33-31-42(32-34-46)47-35-37-53-58(39-47)63-51-25-11-12-26-52(51)64(53)59-40-48(36-38-54(59)63)61-41-60(44-19-6-2-7-20-44)70-66(71-61)45-21-8-3-9-22-45/h1-41,63-64H. The molecule has 10 aromatic carbocycles. The molecular formula is C69H43N5S. The highest BCUT2D eigenvalue weighted by molar-refractivity contribution is 7.26. The molecule has 0 spiro atoms. The van der Waals surface area contributed by atoms with E-state index in [1.54, 1.807) is 11.3 Å². The lowest BCUT2D eigenvalue weighted by molar-refractivity contribution is 0.755. The van der Waals surface area contributed by atoms with E-state index in [1.165, 1.54) is 59.1 Å². The maximum atomic E-state index is 5.29. The van der Waals surface area contributed by atoms with Crippen LogP contribution < -0.4 is 0 Å². The molecule has 0 saturated heterocycles. The number of rotatable bonds is 8. The summed E-state index contributed by atoms with van der Waals surface area (Å²) < 4.78 is 2.41. The van der Waals surface area contributed by atoms with Gasteiger partial charge in [-0.1, -0.05) is 218 Å². The molecule has 75 heavy (non-hydrogen) atoms. The van der Waals surface area contributed by atoms with E-state index in [2.05, 4.69) is 218 Å². The maximum absolute atomic E-state index is 5.29. The highest BCUT2D eigenvalue weighted by Crippen LogP contribution is 2.57. The molecule has 2 atom stereocenters. The fourth-order valence-electron chi connectivity index (χ4n) is 11.7. The van der Waals surface area contributed by atoms with Crippen molar-refractivity contribution in [3.05, 3.63) is 282 Å². The second-order valence-electron chi connectivity index (χ2n) is 19.5. The van der Waals surface area contributed by atoms with Crippen LogP contribution in [0.2, 0.25) is 0 Å². The normalized spacial score (nSPS) is 14.1. The Labute approximate surface area is 438 Å². The summed E-state index contributed by atoms with van der Waals surface area (Å²) in [6, 6.07) is 88.7. The third kappa shape index (κ3) is 7.32. The molecule has 6 heteroatoms. The predicted octanol–water partition coefficient (Wildman–Crippen LogP) is 17.4. The van der Waals surface area contributed by atoms with Crippen molar-refractivity contribution in [1.82, 2.24) is 24.9 Å². The third-order valence-corrected chi connectivity index (χ3v) is 16.4. The van der Waals surface area contributed by atoms with Crippen molar-refractivity contribution in [2.75, 3.05) is 0 Å². The number of benzene rings is 10. The van der Waals surface area contributed by atoms with Gasteiger partial charge in [-0.25, -0.2) is 24.9 Å². The number of fused-ring (bicyclic) bond motifs is 3. The first kappa shape index (κ1) is 43.1. The van der Waals surface area contributed by atoms with Crippen LogP contribution in [0.3, 0.4) is 0 Å². The van der Waals surface area contributed by atoms with Crippen molar-refractivity contribution >= 4 is 31.5 Å². The minimum Gasteiger partial charge on any atom is -0.228 e. The van der Waals surface area contributed by atoms with Gasteiger partial charge in [-0.15, -0.1) is 11.3 Å². The summed E-state index contributed by atoms with van der Waals surface area (Å²) in [5, 5.41) is 2.45. The lowest BCUT2D eigenvalue weighted by atomic mass is 9.60. The molecular weight excluding hydrogens is 931 g/mol. The Morgan fingerprint density at radius 1 is 0.253 bits per heavy atom. The highest BCUT2D eigenvalue weighted by atomic mass is 32.1. The Morgan fingerprint density at radius 3 is 1.41 bits per heavy atom. The smallest absolute Gasteiger partial charge is 0.165 e. The molecule has 13 aromatic rings. The molecule has 350 valence electrons. The van der Waals surface area contributed by atoms with E-state index in [9.17, 15) is 0 Å². The van der Waals surface area contributed by atoms with Crippen LogP contribution in [0.5, 0.6) is 0 Å². The predicted molar refractivity (Wildman–Crippen MR) is 307 cm³/mol. The van der Waals surface area contributed by atoms with E-state index in [-0.39, 0.29) is 11.8 Å². The van der Waals surface area contributed by atoms with Crippen LogP contribution in [0.15, 0.2) is 249 Å². The maximum Gasteiger partial charge on any atom is 0.165 e. The summed E-state index contributed by atoms with van der Waals surface area (Å²) in [4.78, 5) is 26.1. The summed E-state index contributed by atoms with van der Waals surface area (Å²) in [5.41, 5.74) is 20.5. The zero-order valence-electron chi connectivity index (χ0n) is 40.5. The third-order valence-electron chi connectivity index (χ3n) is 15.2. The fourth-order valence-corrected chi connectivity index (χ4v) is 12.9. The SMILES string of the molecule is c1ccc(-c2cc(-c3ccc4c(c3)C3c5ccccc5C4c4cc(-c5ccc(-c6nc(-c7ccccc7-c7ccccc7)nc(-c7cccc8c7sc7ccccc78)n6)cc5)ccc43)nc(-c3ccccc3)n2)cc1. The minimum absolute atomic E-state index is 0.0919. The molecule has 3 aliphatic carbocycles. The average molecular weight is 974 g/mol. The van der Waals surface area contributed by atoms with E-state index >= 15 is 0 Å². The van der Waals surface area contributed by atoms with Gasteiger partial charge in [0, 0.05) is 65.4 Å². The lowest BCUT2D eigenvalue weighted by Crippen LogP contribution is -2.27. The van der Waals surface area contributed by atoms with Crippen LogP contribution >= 0.6 is 11.3 Å². The zero-order chi connectivity index (χ0) is 49.4. The van der Waals surface area contributed by atoms with Crippen LogP contribution in [0.1, 0.15) is 45.2 Å². The van der Waals surface area contributed by atoms with Gasteiger partial charge in [0.1, 0.15) is 0 Å². The molecule has 5 nitrogen and oxygen atoms in total. The van der Waals surface area contributed by atoms with Gasteiger partial charge in [0.2, 0.25) is 0 Å². The van der Waals surface area contributed by atoms with Gasteiger partial charge >= 0.3 is 0 Å². The molecule has 0 radical (unpaired) electrons. The molecule has 16 rings (SSSR count). The molecule has 0 amide bonds. The highest BCUT2D eigenvalue weighted by Gasteiger charge is 2.41. The van der Waals surface area contributed by atoms with Crippen molar-refractivity contribution in [2.24, 2.45) is 0 Å². The number of hydrogen-bond donors (Lipinski definition) is 0. The first-order valence-corrected chi connectivity index (χ1v) is 26.3. The van der Waals surface area contributed by atoms with E-state index in [4.69, 9.17) is 24.9 Å². The molecule has 3 aromatic heterocycles. The van der Waals surface area contributed by atoms with Crippen molar-refractivity contribution in [2.45, 2.75) is 11.8 Å². The van der Waals surface area contributed by atoms with Crippen molar-refractivity contribution in [3.8, 4) is 90.3 Å². The Bertz CT molecular complexity index is 4300. The fraction of sp³-hybridized carbons (Fsp3) is 0.0290. The number of thiophene rings is 1. The monoisotopic (exact) mass is 973 g/mol.